The first kappa shape index (κ1) is 28.1. The van der Waals surface area contributed by atoms with Gasteiger partial charge in [0.1, 0.15) is 5.75 Å². The van der Waals surface area contributed by atoms with Gasteiger partial charge in [0.05, 0.1) is 11.9 Å². The predicted molar refractivity (Wildman–Crippen MR) is 183 cm³/mol. The molecule has 0 aliphatic rings. The van der Waals surface area contributed by atoms with Crippen LogP contribution in [0, 0.1) is 13.0 Å². The maximum Gasteiger partial charge on any atom is 0.166 e. The standard InChI is InChI=1S/C40H25N4O.Pt/c1-24-16-35(42-36(17-24)34-20-29-18-25-8-2-3-9-26(25)19-30(29)22-39(34)45)27-14-15-33-32-12-6-7-13-37(32)44(38(33)21-27)40-31-11-5-4-10-28(31)23-41-43-40;/h2-20,22-23,45H,1H3;/q-1;. The van der Waals surface area contributed by atoms with E-state index in [-0.39, 0.29) is 26.8 Å². The number of hydrogen-bond acceptors (Lipinski definition) is 4. The molecule has 0 spiro atoms. The van der Waals surface area contributed by atoms with Crippen molar-refractivity contribution in [2.45, 2.75) is 6.92 Å². The molecule has 0 aliphatic heterocycles. The van der Waals surface area contributed by atoms with E-state index in [1.165, 1.54) is 0 Å². The van der Waals surface area contributed by atoms with Gasteiger partial charge < -0.3 is 9.67 Å². The van der Waals surface area contributed by atoms with Crippen LogP contribution in [-0.4, -0.2) is 24.9 Å². The van der Waals surface area contributed by atoms with Crippen molar-refractivity contribution in [2.24, 2.45) is 0 Å². The van der Waals surface area contributed by atoms with Crippen LogP contribution in [0.5, 0.6) is 5.75 Å². The minimum Gasteiger partial charge on any atom is -0.507 e. The average molecular weight is 773 g/mol. The molecule has 0 atom stereocenters. The molecule has 0 aliphatic carbocycles. The molecule has 9 aromatic rings. The molecule has 0 fully saturated rings. The average Bonchev–Trinajstić information content (AvgIpc) is 3.40. The first-order valence-corrected chi connectivity index (χ1v) is 14.9. The van der Waals surface area contributed by atoms with Crippen LogP contribution in [0.15, 0.2) is 128 Å². The Morgan fingerprint density at radius 1 is 0.630 bits per heavy atom. The Morgan fingerprint density at radius 2 is 1.30 bits per heavy atom. The third kappa shape index (κ3) is 4.47. The summed E-state index contributed by atoms with van der Waals surface area (Å²) < 4.78 is 2.15. The Balaban J connectivity index is 0.00000312. The summed E-state index contributed by atoms with van der Waals surface area (Å²) in [5, 5.41) is 28.8. The number of pyridine rings is 1. The third-order valence-electron chi connectivity index (χ3n) is 8.69. The number of phenolic OH excluding ortho intramolecular Hbond substituents is 1. The number of para-hydroxylation sites is 1. The summed E-state index contributed by atoms with van der Waals surface area (Å²) in [7, 11) is 0. The van der Waals surface area contributed by atoms with Crippen molar-refractivity contribution in [3.63, 3.8) is 0 Å². The van der Waals surface area contributed by atoms with Crippen LogP contribution < -0.4 is 0 Å². The molecule has 0 unspecified atom stereocenters. The van der Waals surface area contributed by atoms with Crippen molar-refractivity contribution in [3.8, 4) is 34.1 Å². The van der Waals surface area contributed by atoms with Gasteiger partial charge in [0.2, 0.25) is 0 Å². The van der Waals surface area contributed by atoms with Crippen molar-refractivity contribution in [3.05, 3.63) is 139 Å². The van der Waals surface area contributed by atoms with Gasteiger partial charge in [-0.2, -0.15) is 5.10 Å². The molecule has 0 radical (unpaired) electrons. The molecule has 46 heavy (non-hydrogen) atoms. The minimum absolute atomic E-state index is 0. The summed E-state index contributed by atoms with van der Waals surface area (Å²) in [5.74, 6) is 0.968. The summed E-state index contributed by atoms with van der Waals surface area (Å²) in [5.41, 5.74) is 6.04. The summed E-state index contributed by atoms with van der Waals surface area (Å²) >= 11 is 0. The van der Waals surface area contributed by atoms with Gasteiger partial charge in [-0.05, 0) is 81.5 Å². The number of fused-ring (bicyclic) bond motifs is 6. The van der Waals surface area contributed by atoms with Crippen LogP contribution in [0.1, 0.15) is 5.56 Å². The topological polar surface area (TPSA) is 63.8 Å². The van der Waals surface area contributed by atoms with Crippen LogP contribution in [0.25, 0.3) is 82.5 Å². The number of nitrogens with zero attached hydrogens (tertiary/aromatic N) is 4. The second-order valence-corrected chi connectivity index (χ2v) is 11.6. The van der Waals surface area contributed by atoms with E-state index in [2.05, 4.69) is 101 Å². The van der Waals surface area contributed by atoms with Crippen molar-refractivity contribution in [2.75, 3.05) is 0 Å². The first-order valence-electron chi connectivity index (χ1n) is 14.9. The van der Waals surface area contributed by atoms with Crippen LogP contribution in [0.4, 0.5) is 0 Å². The van der Waals surface area contributed by atoms with Gasteiger partial charge in [-0.1, -0.05) is 83.7 Å². The van der Waals surface area contributed by atoms with E-state index in [9.17, 15) is 5.11 Å². The van der Waals surface area contributed by atoms with E-state index in [4.69, 9.17) is 4.98 Å². The summed E-state index contributed by atoms with van der Waals surface area (Å²) in [6, 6.07) is 45.0. The monoisotopic (exact) mass is 772 g/mol. The Hall–Kier alpha value is -5.38. The fourth-order valence-electron chi connectivity index (χ4n) is 6.57. The molecule has 5 nitrogen and oxygen atoms in total. The second kappa shape index (κ2) is 10.9. The van der Waals surface area contributed by atoms with Crippen molar-refractivity contribution >= 4 is 54.1 Å². The van der Waals surface area contributed by atoms with Gasteiger partial charge in [0.25, 0.3) is 0 Å². The van der Waals surface area contributed by atoms with Crippen LogP contribution in [0.2, 0.25) is 0 Å². The van der Waals surface area contributed by atoms with Gasteiger partial charge in [-0.15, -0.1) is 28.9 Å². The number of phenols is 1. The smallest absolute Gasteiger partial charge is 0.166 e. The van der Waals surface area contributed by atoms with E-state index in [1.807, 2.05) is 48.5 Å². The van der Waals surface area contributed by atoms with E-state index in [1.54, 1.807) is 6.20 Å². The summed E-state index contributed by atoms with van der Waals surface area (Å²) in [6.07, 6.45) is 1.80. The molecule has 9 rings (SSSR count). The fourth-order valence-corrected chi connectivity index (χ4v) is 6.57. The maximum atomic E-state index is 11.2. The van der Waals surface area contributed by atoms with Gasteiger partial charge in [0, 0.05) is 42.9 Å². The van der Waals surface area contributed by atoms with Crippen molar-refractivity contribution in [1.29, 1.82) is 0 Å². The molecule has 3 heterocycles. The summed E-state index contributed by atoms with van der Waals surface area (Å²) in [4.78, 5) is 5.09. The normalized spacial score (nSPS) is 11.5. The Labute approximate surface area is 279 Å². The van der Waals surface area contributed by atoms with E-state index < -0.39 is 0 Å². The second-order valence-electron chi connectivity index (χ2n) is 11.6. The van der Waals surface area contributed by atoms with Crippen LogP contribution in [0.3, 0.4) is 0 Å². The number of aromatic hydroxyl groups is 1. The van der Waals surface area contributed by atoms with E-state index in [0.717, 1.165) is 76.8 Å². The van der Waals surface area contributed by atoms with E-state index in [0.29, 0.717) is 11.3 Å². The molecule has 0 amide bonds. The number of hydrogen-bond donors (Lipinski definition) is 1. The zero-order chi connectivity index (χ0) is 30.1. The SMILES string of the molecule is Cc1cc(-c2[c-]c3c(cc2)c2ccccc2n3-c2nncc3ccccc23)nc(-c2cc3cc4ccccc4cc3cc2O)c1.[Pt]. The molecule has 6 aromatic carbocycles. The quantitative estimate of drug-likeness (QED) is 0.144. The number of benzene rings is 6. The van der Waals surface area contributed by atoms with Gasteiger partial charge in [0.15, 0.2) is 5.82 Å². The number of aryl methyl sites for hydroxylation is 1. The molecular weight excluding hydrogens is 748 g/mol. The van der Waals surface area contributed by atoms with Gasteiger partial charge in [-0.3, -0.25) is 4.98 Å². The van der Waals surface area contributed by atoms with E-state index >= 15 is 0 Å². The maximum absolute atomic E-state index is 11.2. The third-order valence-corrected chi connectivity index (χ3v) is 8.69. The zero-order valence-corrected chi connectivity index (χ0v) is 26.9. The molecule has 0 saturated carbocycles. The molecule has 6 heteroatoms. The van der Waals surface area contributed by atoms with Gasteiger partial charge >= 0.3 is 0 Å². The fraction of sp³-hybridized carbons (Fsp3) is 0.0250. The molecule has 0 saturated heterocycles. The predicted octanol–water partition coefficient (Wildman–Crippen LogP) is 9.57. The van der Waals surface area contributed by atoms with Crippen LogP contribution >= 0.6 is 0 Å². The van der Waals surface area contributed by atoms with Gasteiger partial charge in [-0.25, -0.2) is 0 Å². The van der Waals surface area contributed by atoms with Crippen molar-refractivity contribution in [1.82, 2.24) is 19.7 Å². The number of rotatable bonds is 3. The molecular formula is C40H25N4OPt-. The first-order chi connectivity index (χ1) is 22.1. The molecule has 1 N–H and O–H groups in total. The largest absolute Gasteiger partial charge is 0.507 e. The molecule has 0 bridgehead atoms. The summed E-state index contributed by atoms with van der Waals surface area (Å²) in [6.45, 7) is 2.06. The number of aromatic nitrogens is 4. The Morgan fingerprint density at radius 3 is 2.11 bits per heavy atom. The molecule has 222 valence electrons. The Kier molecular flexibility index (Phi) is 6.66. The van der Waals surface area contributed by atoms with Crippen molar-refractivity contribution < 1.29 is 26.2 Å². The Bertz CT molecular complexity index is 2640. The molecule has 3 aromatic heterocycles. The zero-order valence-electron chi connectivity index (χ0n) is 24.7. The van der Waals surface area contributed by atoms with Crippen LogP contribution in [-0.2, 0) is 21.1 Å². The minimum atomic E-state index is 0.